The van der Waals surface area contributed by atoms with Gasteiger partial charge in [0.05, 0.1) is 5.92 Å². The molecule has 0 unspecified atom stereocenters. The van der Waals surface area contributed by atoms with Crippen LogP contribution in [0.5, 0.6) is 0 Å². The maximum absolute atomic E-state index is 11.9. The summed E-state index contributed by atoms with van der Waals surface area (Å²) >= 11 is 2.00. The van der Waals surface area contributed by atoms with Crippen molar-refractivity contribution in [3.63, 3.8) is 0 Å². The van der Waals surface area contributed by atoms with Gasteiger partial charge in [-0.05, 0) is 43.7 Å². The third-order valence-corrected chi connectivity index (χ3v) is 4.28. The minimum Gasteiger partial charge on any atom is -0.353 e. The number of rotatable bonds is 2. The molecule has 2 saturated heterocycles. The Morgan fingerprint density at radius 3 is 2.73 bits per heavy atom. The van der Waals surface area contributed by atoms with Crippen molar-refractivity contribution in [3.05, 3.63) is 0 Å². The molecule has 2 heterocycles. The summed E-state index contributed by atoms with van der Waals surface area (Å²) in [5.74, 6) is 2.90. The molecule has 86 valence electrons. The second-order valence-electron chi connectivity index (χ2n) is 4.44. The molecule has 2 aliphatic rings. The van der Waals surface area contributed by atoms with Crippen LogP contribution in [0.25, 0.3) is 0 Å². The van der Waals surface area contributed by atoms with E-state index in [-0.39, 0.29) is 11.8 Å². The number of hydrogen-bond donors (Lipinski definition) is 2. The molecule has 1 atom stereocenters. The van der Waals surface area contributed by atoms with Gasteiger partial charge in [0.2, 0.25) is 5.91 Å². The molecule has 2 rings (SSSR count). The van der Waals surface area contributed by atoms with Gasteiger partial charge in [-0.3, -0.25) is 4.79 Å². The van der Waals surface area contributed by atoms with Crippen LogP contribution in [0.3, 0.4) is 0 Å². The highest BCUT2D eigenvalue weighted by molar-refractivity contribution is 7.99. The molecule has 0 aromatic carbocycles. The highest BCUT2D eigenvalue weighted by Gasteiger charge is 2.23. The predicted molar refractivity (Wildman–Crippen MR) is 64.1 cm³/mol. The lowest BCUT2D eigenvalue weighted by atomic mass is 9.98. The lowest BCUT2D eigenvalue weighted by molar-refractivity contribution is -0.126. The Balaban J connectivity index is 1.74. The van der Waals surface area contributed by atoms with E-state index >= 15 is 0 Å². The van der Waals surface area contributed by atoms with Crippen LogP contribution in [0.2, 0.25) is 0 Å². The quantitative estimate of drug-likeness (QED) is 0.741. The lowest BCUT2D eigenvalue weighted by Gasteiger charge is -2.27. The molecule has 2 aliphatic heterocycles. The Morgan fingerprint density at radius 2 is 2.07 bits per heavy atom. The highest BCUT2D eigenvalue weighted by Crippen LogP contribution is 2.18. The van der Waals surface area contributed by atoms with Gasteiger partial charge in [0.25, 0.3) is 0 Å². The van der Waals surface area contributed by atoms with Crippen LogP contribution in [0.1, 0.15) is 25.7 Å². The summed E-state index contributed by atoms with van der Waals surface area (Å²) in [6, 6.07) is 0.445. The van der Waals surface area contributed by atoms with Gasteiger partial charge in [0.1, 0.15) is 0 Å². The van der Waals surface area contributed by atoms with Gasteiger partial charge < -0.3 is 10.6 Å². The van der Waals surface area contributed by atoms with Gasteiger partial charge in [-0.1, -0.05) is 0 Å². The van der Waals surface area contributed by atoms with Gasteiger partial charge in [0, 0.05) is 12.6 Å². The molecular formula is C11H20N2OS. The van der Waals surface area contributed by atoms with Crippen molar-refractivity contribution in [1.29, 1.82) is 0 Å². The number of carbonyl (C=O) groups excluding carboxylic acids is 1. The fraction of sp³-hybridized carbons (Fsp3) is 0.909. The lowest BCUT2D eigenvalue weighted by Crippen LogP contribution is -2.45. The number of hydrogen-bond acceptors (Lipinski definition) is 3. The molecule has 0 radical (unpaired) electrons. The first kappa shape index (κ1) is 11.3. The van der Waals surface area contributed by atoms with Crippen molar-refractivity contribution < 1.29 is 4.79 Å². The topological polar surface area (TPSA) is 41.1 Å². The van der Waals surface area contributed by atoms with Crippen LogP contribution in [0, 0.1) is 5.92 Å². The average molecular weight is 228 g/mol. The largest absolute Gasteiger partial charge is 0.353 e. The minimum atomic E-state index is 0.216. The van der Waals surface area contributed by atoms with E-state index in [9.17, 15) is 4.79 Å². The van der Waals surface area contributed by atoms with E-state index in [1.807, 2.05) is 11.8 Å². The maximum Gasteiger partial charge on any atom is 0.224 e. The maximum atomic E-state index is 11.9. The monoisotopic (exact) mass is 228 g/mol. The molecule has 0 aliphatic carbocycles. The van der Waals surface area contributed by atoms with Crippen molar-refractivity contribution in [2.24, 2.45) is 5.92 Å². The van der Waals surface area contributed by atoms with E-state index in [1.165, 1.54) is 11.5 Å². The molecule has 0 spiro atoms. The van der Waals surface area contributed by atoms with Crippen LogP contribution in [-0.2, 0) is 4.79 Å². The highest BCUT2D eigenvalue weighted by atomic mass is 32.2. The Morgan fingerprint density at radius 1 is 1.27 bits per heavy atom. The summed E-state index contributed by atoms with van der Waals surface area (Å²) in [5, 5.41) is 6.48. The molecule has 0 bridgehead atoms. The molecule has 15 heavy (non-hydrogen) atoms. The van der Waals surface area contributed by atoms with Gasteiger partial charge in [-0.15, -0.1) is 0 Å². The third-order valence-electron chi connectivity index (χ3n) is 3.24. The van der Waals surface area contributed by atoms with Crippen LogP contribution < -0.4 is 10.6 Å². The molecule has 0 aromatic heterocycles. The molecule has 1 amide bonds. The van der Waals surface area contributed by atoms with Gasteiger partial charge in [-0.25, -0.2) is 0 Å². The molecule has 2 fully saturated rings. The fourth-order valence-corrected chi connectivity index (χ4v) is 3.34. The molecule has 2 N–H and O–H groups in total. The van der Waals surface area contributed by atoms with E-state index in [0.717, 1.165) is 38.8 Å². The first-order chi connectivity index (χ1) is 7.36. The van der Waals surface area contributed by atoms with Crippen molar-refractivity contribution in [3.8, 4) is 0 Å². The van der Waals surface area contributed by atoms with E-state index < -0.39 is 0 Å². The van der Waals surface area contributed by atoms with Crippen molar-refractivity contribution >= 4 is 17.7 Å². The Kier molecular flexibility index (Phi) is 4.32. The Hall–Kier alpha value is -0.220. The standard InChI is InChI=1S/C11H20N2OS/c14-11(9-2-1-5-12-8-9)13-10-3-6-15-7-4-10/h9-10,12H,1-8H2,(H,13,14)/t9-/m1/s1. The number of nitrogens with one attached hydrogen (secondary N) is 2. The summed E-state index contributed by atoms with van der Waals surface area (Å²) in [4.78, 5) is 11.9. The first-order valence-electron chi connectivity index (χ1n) is 5.95. The molecule has 0 aromatic rings. The number of amides is 1. The summed E-state index contributed by atoms with van der Waals surface area (Å²) in [7, 11) is 0. The van der Waals surface area contributed by atoms with Gasteiger partial charge in [-0.2, -0.15) is 11.8 Å². The first-order valence-corrected chi connectivity index (χ1v) is 7.10. The minimum absolute atomic E-state index is 0.216. The second-order valence-corrected chi connectivity index (χ2v) is 5.66. The summed E-state index contributed by atoms with van der Waals surface area (Å²) in [6.07, 6.45) is 4.49. The van der Waals surface area contributed by atoms with Gasteiger partial charge in [0.15, 0.2) is 0 Å². The molecule has 3 nitrogen and oxygen atoms in total. The normalized spacial score (nSPS) is 28.7. The second kappa shape index (κ2) is 5.75. The summed E-state index contributed by atoms with van der Waals surface area (Å²) in [6.45, 7) is 1.94. The van der Waals surface area contributed by atoms with Crippen LogP contribution in [0.4, 0.5) is 0 Å². The van der Waals surface area contributed by atoms with E-state index in [2.05, 4.69) is 10.6 Å². The van der Waals surface area contributed by atoms with Gasteiger partial charge >= 0.3 is 0 Å². The summed E-state index contributed by atoms with van der Waals surface area (Å²) in [5.41, 5.74) is 0. The van der Waals surface area contributed by atoms with Crippen molar-refractivity contribution in [1.82, 2.24) is 10.6 Å². The Labute approximate surface area is 95.8 Å². The fourth-order valence-electron chi connectivity index (χ4n) is 2.24. The summed E-state index contributed by atoms with van der Waals surface area (Å²) < 4.78 is 0. The van der Waals surface area contributed by atoms with E-state index in [4.69, 9.17) is 0 Å². The predicted octanol–water partition coefficient (Wildman–Crippen LogP) is 0.998. The Bertz CT molecular complexity index is 211. The molecule has 4 heteroatoms. The number of carbonyl (C=O) groups is 1. The smallest absolute Gasteiger partial charge is 0.224 e. The van der Waals surface area contributed by atoms with E-state index in [0.29, 0.717) is 6.04 Å². The molecular weight excluding hydrogens is 208 g/mol. The third kappa shape index (κ3) is 3.38. The SMILES string of the molecule is O=C(NC1CCSCC1)[C@@H]1CCCNC1. The van der Waals surface area contributed by atoms with Crippen LogP contribution in [0.15, 0.2) is 0 Å². The van der Waals surface area contributed by atoms with Crippen LogP contribution in [-0.4, -0.2) is 36.5 Å². The van der Waals surface area contributed by atoms with Crippen molar-refractivity contribution in [2.45, 2.75) is 31.7 Å². The zero-order valence-electron chi connectivity index (χ0n) is 9.13. The number of thioether (sulfide) groups is 1. The van der Waals surface area contributed by atoms with Crippen LogP contribution >= 0.6 is 11.8 Å². The van der Waals surface area contributed by atoms with Crippen molar-refractivity contribution in [2.75, 3.05) is 24.6 Å². The van der Waals surface area contributed by atoms with E-state index in [1.54, 1.807) is 0 Å². The molecule has 0 saturated carbocycles. The average Bonchev–Trinajstić information content (AvgIpc) is 2.31. The number of piperidine rings is 1. The zero-order valence-corrected chi connectivity index (χ0v) is 9.94. The zero-order chi connectivity index (χ0) is 10.5.